The van der Waals surface area contributed by atoms with Crippen molar-refractivity contribution in [2.45, 2.75) is 58.8 Å². The van der Waals surface area contributed by atoms with Crippen LogP contribution in [0.25, 0.3) is 11.1 Å². The molecule has 0 radical (unpaired) electrons. The maximum absolute atomic E-state index is 12.4. The van der Waals surface area contributed by atoms with Crippen LogP contribution >= 0.6 is 0 Å². The third kappa shape index (κ3) is 8.40. The molecule has 0 aliphatic heterocycles. The lowest BCUT2D eigenvalue weighted by Crippen LogP contribution is -2.42. The van der Waals surface area contributed by atoms with Gasteiger partial charge in [0.2, 0.25) is 0 Å². The van der Waals surface area contributed by atoms with E-state index in [1.807, 2.05) is 0 Å². The van der Waals surface area contributed by atoms with Crippen molar-refractivity contribution in [1.82, 2.24) is 15.6 Å². The van der Waals surface area contributed by atoms with Crippen LogP contribution in [0.2, 0.25) is 0 Å². The van der Waals surface area contributed by atoms with Crippen LogP contribution in [0.5, 0.6) is 0 Å². The van der Waals surface area contributed by atoms with E-state index in [9.17, 15) is 19.7 Å². The normalized spacial score (nSPS) is 12.4. The van der Waals surface area contributed by atoms with Crippen LogP contribution in [0, 0.1) is 10.1 Å². The highest BCUT2D eigenvalue weighted by atomic mass is 16.6. The maximum Gasteiger partial charge on any atom is 0.408 e. The number of aromatic nitrogens is 1. The summed E-state index contributed by atoms with van der Waals surface area (Å²) < 4.78 is 10.5. The van der Waals surface area contributed by atoms with Crippen LogP contribution < -0.4 is 10.6 Å². The molecule has 0 saturated carbocycles. The van der Waals surface area contributed by atoms with E-state index in [0.29, 0.717) is 11.1 Å². The summed E-state index contributed by atoms with van der Waals surface area (Å²) in [5.41, 5.74) is -0.327. The fourth-order valence-corrected chi connectivity index (χ4v) is 2.82. The van der Waals surface area contributed by atoms with Gasteiger partial charge in [-0.2, -0.15) is 0 Å². The number of carbonyl (C=O) groups excluding carboxylic acids is 2. The van der Waals surface area contributed by atoms with Gasteiger partial charge in [0.1, 0.15) is 17.2 Å². The number of hydrogen-bond acceptors (Lipinski definition) is 7. The second-order valence-electron chi connectivity index (χ2n) is 9.31. The number of amides is 2. The van der Waals surface area contributed by atoms with Crippen LogP contribution in [0.15, 0.2) is 42.5 Å². The van der Waals surface area contributed by atoms with Crippen molar-refractivity contribution in [1.29, 1.82) is 0 Å². The summed E-state index contributed by atoms with van der Waals surface area (Å²) in [4.78, 5) is 39.8. The van der Waals surface area contributed by atoms with Crippen LogP contribution in [-0.4, -0.2) is 39.8 Å². The van der Waals surface area contributed by atoms with Gasteiger partial charge >= 0.3 is 18.0 Å². The Morgan fingerprint density at radius 3 is 2.09 bits per heavy atom. The molecule has 0 saturated heterocycles. The highest BCUT2D eigenvalue weighted by molar-refractivity contribution is 5.72. The lowest BCUT2D eigenvalue weighted by Gasteiger charge is -2.24. The lowest BCUT2D eigenvalue weighted by atomic mass is 10.0. The molecule has 1 unspecified atom stereocenters. The molecule has 1 heterocycles. The molecule has 2 N–H and O–H groups in total. The molecule has 1 aromatic heterocycles. The van der Waals surface area contributed by atoms with Crippen molar-refractivity contribution >= 4 is 18.0 Å². The molecule has 10 nitrogen and oxygen atoms in total. The van der Waals surface area contributed by atoms with Gasteiger partial charge in [0.25, 0.3) is 0 Å². The highest BCUT2D eigenvalue weighted by Crippen LogP contribution is 2.29. The third-order valence-corrected chi connectivity index (χ3v) is 4.05. The van der Waals surface area contributed by atoms with E-state index in [4.69, 9.17) is 9.47 Å². The summed E-state index contributed by atoms with van der Waals surface area (Å²) in [6.45, 7) is 10.2. The first-order chi connectivity index (χ1) is 15.2. The maximum atomic E-state index is 12.4. The lowest BCUT2D eigenvalue weighted by molar-refractivity contribution is -0.388. The number of hydrogen-bond donors (Lipinski definition) is 2. The van der Waals surface area contributed by atoms with Gasteiger partial charge in [-0.05, 0) is 69.1 Å². The molecular weight excluding hydrogens is 428 g/mol. The SMILES string of the molecule is CC(C)(C)OC(=O)NCC(NC(=O)OC(C)(C)C)c1ccc(-c2ccccc2)c([N+](=O)[O-])n1. The number of benzene rings is 1. The van der Waals surface area contributed by atoms with Crippen LogP contribution in [0.4, 0.5) is 15.4 Å². The van der Waals surface area contributed by atoms with E-state index in [1.165, 1.54) is 0 Å². The summed E-state index contributed by atoms with van der Waals surface area (Å²) in [7, 11) is 0. The Kier molecular flexibility index (Phi) is 7.97. The number of nitrogens with zero attached hydrogens (tertiary/aromatic N) is 2. The number of alkyl carbamates (subject to hydrolysis) is 2. The average molecular weight is 459 g/mol. The Hall–Kier alpha value is -3.69. The predicted molar refractivity (Wildman–Crippen MR) is 123 cm³/mol. The Morgan fingerprint density at radius 1 is 0.970 bits per heavy atom. The molecule has 2 amide bonds. The predicted octanol–water partition coefficient (Wildman–Crippen LogP) is 4.75. The number of carbonyl (C=O) groups is 2. The number of nitro groups is 1. The molecule has 0 bridgehead atoms. The zero-order chi connectivity index (χ0) is 24.8. The smallest absolute Gasteiger partial charge is 0.408 e. The first-order valence-corrected chi connectivity index (χ1v) is 10.4. The molecule has 0 aliphatic carbocycles. The van der Waals surface area contributed by atoms with E-state index >= 15 is 0 Å². The fourth-order valence-electron chi connectivity index (χ4n) is 2.82. The Balaban J connectivity index is 2.36. The van der Waals surface area contributed by atoms with Gasteiger partial charge < -0.3 is 30.2 Å². The van der Waals surface area contributed by atoms with Gasteiger partial charge in [0.15, 0.2) is 5.69 Å². The van der Waals surface area contributed by atoms with E-state index < -0.39 is 34.4 Å². The second-order valence-corrected chi connectivity index (χ2v) is 9.31. The minimum absolute atomic E-state index is 0.122. The van der Waals surface area contributed by atoms with E-state index in [1.54, 1.807) is 84.0 Å². The van der Waals surface area contributed by atoms with Gasteiger partial charge in [-0.25, -0.2) is 9.59 Å². The van der Waals surface area contributed by atoms with Crippen molar-refractivity contribution in [2.75, 3.05) is 6.54 Å². The van der Waals surface area contributed by atoms with E-state index in [0.717, 1.165) is 0 Å². The number of rotatable bonds is 6. The van der Waals surface area contributed by atoms with Crippen molar-refractivity contribution in [2.24, 2.45) is 0 Å². The number of nitrogens with one attached hydrogen (secondary N) is 2. The van der Waals surface area contributed by atoms with Crippen molar-refractivity contribution in [3.63, 3.8) is 0 Å². The first-order valence-electron chi connectivity index (χ1n) is 10.4. The third-order valence-electron chi connectivity index (χ3n) is 4.05. The molecular formula is C23H30N4O6. The molecule has 10 heteroatoms. The zero-order valence-electron chi connectivity index (χ0n) is 19.7. The summed E-state index contributed by atoms with van der Waals surface area (Å²) in [5, 5.41) is 16.9. The van der Waals surface area contributed by atoms with Gasteiger partial charge in [-0.1, -0.05) is 30.3 Å². The van der Waals surface area contributed by atoms with E-state index in [-0.39, 0.29) is 18.1 Å². The molecule has 0 aliphatic rings. The minimum atomic E-state index is -0.907. The molecule has 178 valence electrons. The summed E-state index contributed by atoms with van der Waals surface area (Å²) in [6.07, 6.45) is -1.45. The monoisotopic (exact) mass is 458 g/mol. The molecule has 0 spiro atoms. The molecule has 2 aromatic rings. The summed E-state index contributed by atoms with van der Waals surface area (Å²) in [5.74, 6) is -0.369. The van der Waals surface area contributed by atoms with Crippen molar-refractivity contribution in [3.8, 4) is 11.1 Å². The molecule has 0 fully saturated rings. The van der Waals surface area contributed by atoms with Crippen LogP contribution in [0.1, 0.15) is 53.3 Å². The Labute approximate surface area is 192 Å². The topological polar surface area (TPSA) is 133 Å². The molecule has 33 heavy (non-hydrogen) atoms. The summed E-state index contributed by atoms with van der Waals surface area (Å²) >= 11 is 0. The first kappa shape index (κ1) is 25.6. The van der Waals surface area contributed by atoms with Crippen LogP contribution in [0.3, 0.4) is 0 Å². The Bertz CT molecular complexity index is 996. The van der Waals surface area contributed by atoms with Crippen molar-refractivity contribution in [3.05, 3.63) is 58.3 Å². The molecule has 2 rings (SSSR count). The van der Waals surface area contributed by atoms with Gasteiger partial charge in [-0.3, -0.25) is 0 Å². The average Bonchev–Trinajstić information content (AvgIpc) is 2.68. The largest absolute Gasteiger partial charge is 0.444 e. The fraction of sp³-hybridized carbons (Fsp3) is 0.435. The Morgan fingerprint density at radius 2 is 1.55 bits per heavy atom. The zero-order valence-corrected chi connectivity index (χ0v) is 19.7. The minimum Gasteiger partial charge on any atom is -0.444 e. The van der Waals surface area contributed by atoms with Gasteiger partial charge in [0.05, 0.1) is 5.56 Å². The number of pyridine rings is 1. The molecule has 1 atom stereocenters. The molecule has 1 aromatic carbocycles. The van der Waals surface area contributed by atoms with Gasteiger partial charge in [0, 0.05) is 6.54 Å². The highest BCUT2D eigenvalue weighted by Gasteiger charge is 2.28. The van der Waals surface area contributed by atoms with Gasteiger partial charge in [-0.15, -0.1) is 0 Å². The standard InChI is InChI=1S/C23H30N4O6/c1-22(2,3)32-20(28)24-14-18(26-21(29)33-23(4,5)6)17-13-12-16(19(25-17)27(30)31)15-10-8-7-9-11-15/h7-13,18H,14H2,1-6H3,(H,24,28)(H,26,29). The second kappa shape index (κ2) is 10.3. The van der Waals surface area contributed by atoms with Crippen molar-refractivity contribution < 1.29 is 24.0 Å². The summed E-state index contributed by atoms with van der Waals surface area (Å²) in [6, 6.07) is 11.0. The van der Waals surface area contributed by atoms with Crippen LogP contribution in [-0.2, 0) is 9.47 Å². The number of ether oxygens (including phenoxy) is 2. The quantitative estimate of drug-likeness (QED) is 0.471. The van der Waals surface area contributed by atoms with E-state index in [2.05, 4.69) is 15.6 Å².